The molecule has 0 bridgehead atoms. The lowest BCUT2D eigenvalue weighted by molar-refractivity contribution is -0.125. The number of thiazole rings is 1. The Morgan fingerprint density at radius 2 is 2.00 bits per heavy atom. The lowest BCUT2D eigenvalue weighted by atomic mass is 9.96. The van der Waals surface area contributed by atoms with Crippen molar-refractivity contribution in [1.82, 2.24) is 19.9 Å². The lowest BCUT2D eigenvalue weighted by Crippen LogP contribution is -2.40. The van der Waals surface area contributed by atoms with E-state index in [1.807, 2.05) is 11.8 Å². The maximum Gasteiger partial charge on any atom is 0.273 e. The standard InChI is InChI=1S/C22H24F2N6O3S/c1-2-7-25-20(32)13-5-8-29(9-6-13)22-28-19-18(34-22)21(33)30(12-26-19)11-17(31)27-16-10-14(23)3-4-15(16)24/h3-4,10,12-13H,2,5-9,11H2,1H3,(H,25,32)(H,27,31). The Hall–Kier alpha value is -3.41. The summed E-state index contributed by atoms with van der Waals surface area (Å²) in [4.78, 5) is 48.0. The maximum absolute atomic E-state index is 13.8. The number of rotatable bonds is 7. The van der Waals surface area contributed by atoms with E-state index in [4.69, 9.17) is 0 Å². The van der Waals surface area contributed by atoms with Crippen molar-refractivity contribution in [2.24, 2.45) is 5.92 Å². The van der Waals surface area contributed by atoms with E-state index in [2.05, 4.69) is 20.6 Å². The van der Waals surface area contributed by atoms with Crippen LogP contribution in [-0.2, 0) is 16.1 Å². The number of halogens is 2. The normalized spacial score (nSPS) is 14.4. The van der Waals surface area contributed by atoms with Crippen LogP contribution < -0.4 is 21.1 Å². The highest BCUT2D eigenvalue weighted by atomic mass is 32.1. The van der Waals surface area contributed by atoms with Gasteiger partial charge in [-0.1, -0.05) is 18.3 Å². The van der Waals surface area contributed by atoms with Gasteiger partial charge >= 0.3 is 0 Å². The van der Waals surface area contributed by atoms with Gasteiger partial charge in [-0.2, -0.15) is 4.98 Å². The molecule has 3 aromatic rings. The minimum absolute atomic E-state index is 0.0334. The van der Waals surface area contributed by atoms with Gasteiger partial charge in [0.15, 0.2) is 10.8 Å². The van der Waals surface area contributed by atoms with E-state index >= 15 is 0 Å². The molecule has 1 fully saturated rings. The van der Waals surface area contributed by atoms with Crippen LogP contribution in [-0.4, -0.2) is 46.0 Å². The molecule has 0 aliphatic carbocycles. The zero-order chi connectivity index (χ0) is 24.2. The van der Waals surface area contributed by atoms with Crippen molar-refractivity contribution in [2.45, 2.75) is 32.7 Å². The van der Waals surface area contributed by atoms with Crippen LogP contribution in [0.2, 0.25) is 0 Å². The second-order valence-electron chi connectivity index (χ2n) is 8.05. The number of benzene rings is 1. The van der Waals surface area contributed by atoms with Crippen LogP contribution in [0.5, 0.6) is 0 Å². The van der Waals surface area contributed by atoms with Crippen molar-refractivity contribution in [1.29, 1.82) is 0 Å². The van der Waals surface area contributed by atoms with Gasteiger partial charge in [0.25, 0.3) is 5.56 Å². The second kappa shape index (κ2) is 10.2. The topological polar surface area (TPSA) is 109 Å². The fourth-order valence-corrected chi connectivity index (χ4v) is 4.77. The SMILES string of the molecule is CCCNC(=O)C1CCN(c2nc3ncn(CC(=O)Nc4cc(F)ccc4F)c(=O)c3s2)CC1. The molecular formula is C22H24F2N6O3S. The lowest BCUT2D eigenvalue weighted by Gasteiger charge is -2.30. The first kappa shape index (κ1) is 23.7. The third-order valence-electron chi connectivity index (χ3n) is 5.57. The molecule has 0 spiro atoms. The average molecular weight is 491 g/mol. The molecule has 1 aromatic carbocycles. The van der Waals surface area contributed by atoms with Crippen molar-refractivity contribution >= 4 is 44.3 Å². The first-order valence-corrected chi connectivity index (χ1v) is 11.8. The molecule has 0 saturated carbocycles. The van der Waals surface area contributed by atoms with E-state index in [0.29, 0.717) is 42.3 Å². The molecule has 2 amide bonds. The summed E-state index contributed by atoms with van der Waals surface area (Å²) in [5, 5.41) is 5.83. The van der Waals surface area contributed by atoms with E-state index in [0.717, 1.165) is 29.2 Å². The van der Waals surface area contributed by atoms with Crippen LogP contribution in [0, 0.1) is 17.6 Å². The summed E-state index contributed by atoms with van der Waals surface area (Å²) >= 11 is 1.18. The highest BCUT2D eigenvalue weighted by Crippen LogP contribution is 2.29. The molecule has 9 nitrogen and oxygen atoms in total. The predicted molar refractivity (Wildman–Crippen MR) is 125 cm³/mol. The zero-order valence-corrected chi connectivity index (χ0v) is 19.3. The molecule has 12 heteroatoms. The van der Waals surface area contributed by atoms with E-state index in [1.165, 1.54) is 17.7 Å². The van der Waals surface area contributed by atoms with Crippen molar-refractivity contribution in [3.8, 4) is 0 Å². The Morgan fingerprint density at radius 3 is 2.74 bits per heavy atom. The third-order valence-corrected chi connectivity index (χ3v) is 6.67. The minimum atomic E-state index is -0.783. The number of amides is 2. The molecule has 0 unspecified atom stereocenters. The molecule has 180 valence electrons. The first-order chi connectivity index (χ1) is 16.4. The van der Waals surface area contributed by atoms with Crippen LogP contribution in [0.1, 0.15) is 26.2 Å². The van der Waals surface area contributed by atoms with Gasteiger partial charge in [-0.05, 0) is 31.4 Å². The van der Waals surface area contributed by atoms with Gasteiger partial charge in [-0.3, -0.25) is 19.0 Å². The van der Waals surface area contributed by atoms with Crippen molar-refractivity contribution < 1.29 is 18.4 Å². The molecule has 0 radical (unpaired) electrons. The Bertz CT molecular complexity index is 1270. The summed E-state index contributed by atoms with van der Waals surface area (Å²) in [6.45, 7) is 3.54. The van der Waals surface area contributed by atoms with Crippen LogP contribution >= 0.6 is 11.3 Å². The highest BCUT2D eigenvalue weighted by Gasteiger charge is 2.27. The first-order valence-electron chi connectivity index (χ1n) is 11.0. The Kier molecular flexibility index (Phi) is 7.15. The molecule has 1 aliphatic heterocycles. The van der Waals surface area contributed by atoms with Gasteiger partial charge in [0.1, 0.15) is 29.2 Å². The molecule has 34 heavy (non-hydrogen) atoms. The Labute approximate surface area is 197 Å². The number of carbonyl (C=O) groups is 2. The van der Waals surface area contributed by atoms with Crippen LogP contribution in [0.4, 0.5) is 19.6 Å². The van der Waals surface area contributed by atoms with Gasteiger partial charge in [0.05, 0.1) is 5.69 Å². The summed E-state index contributed by atoms with van der Waals surface area (Å²) in [5.74, 6) is -2.13. The number of nitrogens with zero attached hydrogens (tertiary/aromatic N) is 4. The number of aromatic nitrogens is 3. The van der Waals surface area contributed by atoms with Gasteiger partial charge < -0.3 is 15.5 Å². The van der Waals surface area contributed by atoms with Gasteiger partial charge in [-0.15, -0.1) is 0 Å². The second-order valence-corrected chi connectivity index (χ2v) is 9.03. The Morgan fingerprint density at radius 1 is 1.24 bits per heavy atom. The summed E-state index contributed by atoms with van der Waals surface area (Å²) in [5.41, 5.74) is -0.475. The number of piperidine rings is 1. The van der Waals surface area contributed by atoms with E-state index in [1.54, 1.807) is 0 Å². The molecule has 3 heterocycles. The molecule has 2 N–H and O–H groups in total. The maximum atomic E-state index is 13.8. The number of nitrogens with one attached hydrogen (secondary N) is 2. The fraction of sp³-hybridized carbons (Fsp3) is 0.409. The predicted octanol–water partition coefficient (Wildman–Crippen LogP) is 2.51. The van der Waals surface area contributed by atoms with E-state index in [9.17, 15) is 23.2 Å². The number of anilines is 2. The number of hydrogen-bond acceptors (Lipinski definition) is 7. The van der Waals surface area contributed by atoms with Crippen molar-refractivity contribution in [3.05, 3.63) is 46.5 Å². The van der Waals surface area contributed by atoms with Crippen molar-refractivity contribution in [2.75, 3.05) is 29.9 Å². The van der Waals surface area contributed by atoms with Gasteiger partial charge in [0.2, 0.25) is 11.8 Å². The van der Waals surface area contributed by atoms with Crippen LogP contribution in [0.15, 0.2) is 29.3 Å². The number of carbonyl (C=O) groups excluding carboxylic acids is 2. The Balaban J connectivity index is 1.44. The van der Waals surface area contributed by atoms with Crippen LogP contribution in [0.25, 0.3) is 10.3 Å². The molecule has 4 rings (SSSR count). The molecule has 1 saturated heterocycles. The van der Waals surface area contributed by atoms with E-state index in [-0.39, 0.29) is 23.2 Å². The third kappa shape index (κ3) is 5.22. The number of fused-ring (bicyclic) bond motifs is 1. The van der Waals surface area contributed by atoms with Gasteiger partial charge in [0, 0.05) is 31.6 Å². The summed E-state index contributed by atoms with van der Waals surface area (Å²) in [6.07, 6.45) is 3.49. The van der Waals surface area contributed by atoms with Crippen LogP contribution in [0.3, 0.4) is 0 Å². The van der Waals surface area contributed by atoms with Gasteiger partial charge in [-0.25, -0.2) is 13.8 Å². The number of hydrogen-bond donors (Lipinski definition) is 2. The molecule has 1 aliphatic rings. The largest absolute Gasteiger partial charge is 0.356 e. The monoisotopic (exact) mass is 490 g/mol. The van der Waals surface area contributed by atoms with Crippen molar-refractivity contribution in [3.63, 3.8) is 0 Å². The molecule has 0 atom stereocenters. The average Bonchev–Trinajstić information content (AvgIpc) is 3.27. The smallest absolute Gasteiger partial charge is 0.273 e. The summed E-state index contributed by atoms with van der Waals surface area (Å²) in [7, 11) is 0. The zero-order valence-electron chi connectivity index (χ0n) is 18.5. The minimum Gasteiger partial charge on any atom is -0.356 e. The summed E-state index contributed by atoms with van der Waals surface area (Å²) < 4.78 is 28.5. The molecular weight excluding hydrogens is 466 g/mol. The fourth-order valence-electron chi connectivity index (χ4n) is 3.75. The van der Waals surface area contributed by atoms with E-state index < -0.39 is 29.6 Å². The molecule has 2 aromatic heterocycles. The summed E-state index contributed by atoms with van der Waals surface area (Å²) in [6, 6.07) is 2.71. The quantitative estimate of drug-likeness (QED) is 0.527. The highest BCUT2D eigenvalue weighted by molar-refractivity contribution is 7.22.